The van der Waals surface area contributed by atoms with Gasteiger partial charge >= 0.3 is 21.1 Å². The van der Waals surface area contributed by atoms with Crippen molar-refractivity contribution in [3.05, 3.63) is 110 Å². The van der Waals surface area contributed by atoms with E-state index in [4.69, 9.17) is 4.74 Å². The van der Waals surface area contributed by atoms with Crippen molar-refractivity contribution in [1.82, 2.24) is 9.88 Å². The van der Waals surface area contributed by atoms with Crippen LogP contribution in [0.2, 0.25) is 0 Å². The van der Waals surface area contributed by atoms with Gasteiger partial charge in [-0.2, -0.15) is 25.5 Å². The molecule has 4 aromatic rings. The molecule has 0 spiro atoms. The molecule has 2 aliphatic rings. The Morgan fingerprint density at radius 3 is 2.14 bits per heavy atom. The van der Waals surface area contributed by atoms with Gasteiger partial charge in [0.15, 0.2) is 0 Å². The Morgan fingerprint density at radius 1 is 0.757 bits per heavy atom. The first-order valence-corrected chi connectivity index (χ1v) is 11.9. The average Bonchev–Trinajstić information content (AvgIpc) is 3.23. The molecule has 0 radical (unpaired) electrons. The second-order valence-electron chi connectivity index (χ2n) is 9.52. The van der Waals surface area contributed by atoms with Gasteiger partial charge in [-0.25, -0.2) is 4.98 Å². The summed E-state index contributed by atoms with van der Waals surface area (Å²) in [6, 6.07) is 31.1. The summed E-state index contributed by atoms with van der Waals surface area (Å²) in [5.74, 6) is 2.11. The number of benzene rings is 3. The number of nitrogens with zero attached hydrogens (tertiary/aromatic N) is 5. The van der Waals surface area contributed by atoms with E-state index in [9.17, 15) is 0 Å². The predicted molar refractivity (Wildman–Crippen MR) is 143 cm³/mol. The van der Waals surface area contributed by atoms with Crippen LogP contribution in [0.5, 0.6) is 11.5 Å². The van der Waals surface area contributed by atoms with E-state index in [0.29, 0.717) is 11.5 Å². The number of pyridine rings is 1. The molecule has 0 N–H and O–H groups in total. The van der Waals surface area contributed by atoms with Crippen LogP contribution in [0.3, 0.4) is 0 Å². The number of fused-ring (bicyclic) bond motifs is 2. The molecule has 6 rings (SSSR count). The van der Waals surface area contributed by atoms with E-state index in [1.807, 2.05) is 72.0 Å². The van der Waals surface area contributed by atoms with Crippen molar-refractivity contribution < 1.29 is 25.8 Å². The van der Waals surface area contributed by atoms with Gasteiger partial charge in [0.1, 0.15) is 5.82 Å². The number of ether oxygens (including phenoxy) is 1. The molecule has 0 atom stereocenters. The molecule has 188 valence electrons. The molecular weight excluding hydrogens is 641 g/mol. The third-order valence-corrected chi connectivity index (χ3v) is 6.90. The first-order valence-electron chi connectivity index (χ1n) is 11.9. The first kappa shape index (κ1) is 25.3. The van der Waals surface area contributed by atoms with E-state index in [1.54, 1.807) is 6.20 Å². The largest absolute Gasteiger partial charge is 4.00 e. The molecule has 3 heterocycles. The molecule has 0 bridgehead atoms. The quantitative estimate of drug-likeness (QED) is 0.228. The SMILES string of the molecule is CN1[CH-]N(c2[c-]c(Oc3[c-]c(N4[CH-]N(C)C(C)(C)c5ccccc54)ccc3)ccc2)c2ncccc21.[Pt+4]. The Morgan fingerprint density at radius 2 is 1.41 bits per heavy atom. The molecule has 3 aromatic carbocycles. The summed E-state index contributed by atoms with van der Waals surface area (Å²) in [5, 5.41) is 0. The predicted octanol–water partition coefficient (Wildman–Crippen LogP) is 6.62. The van der Waals surface area contributed by atoms with E-state index in [1.165, 1.54) is 5.56 Å². The topological polar surface area (TPSA) is 35.1 Å². The number of aromatic nitrogens is 1. The van der Waals surface area contributed by atoms with Crippen LogP contribution < -0.4 is 19.4 Å². The minimum absolute atomic E-state index is 0. The molecule has 0 saturated carbocycles. The van der Waals surface area contributed by atoms with Gasteiger partial charge in [0.2, 0.25) is 0 Å². The van der Waals surface area contributed by atoms with Gasteiger partial charge < -0.3 is 24.3 Å². The molecule has 37 heavy (non-hydrogen) atoms. The van der Waals surface area contributed by atoms with Crippen molar-refractivity contribution in [2.24, 2.45) is 0 Å². The third kappa shape index (κ3) is 4.49. The van der Waals surface area contributed by atoms with Gasteiger partial charge in [0, 0.05) is 34.6 Å². The van der Waals surface area contributed by atoms with Crippen LogP contribution in [-0.4, -0.2) is 24.0 Å². The van der Waals surface area contributed by atoms with Crippen molar-refractivity contribution in [2.45, 2.75) is 19.4 Å². The summed E-state index contributed by atoms with van der Waals surface area (Å²) in [7, 11) is 4.11. The van der Waals surface area contributed by atoms with Crippen LogP contribution in [-0.2, 0) is 26.6 Å². The molecule has 1 aromatic heterocycles. The Balaban J connectivity index is 0.00000280. The van der Waals surface area contributed by atoms with Crippen LogP contribution in [0.15, 0.2) is 79.0 Å². The van der Waals surface area contributed by atoms with Gasteiger partial charge in [-0.15, -0.1) is 42.1 Å². The number of para-hydroxylation sites is 1. The maximum absolute atomic E-state index is 6.24. The molecule has 7 heteroatoms. The summed E-state index contributed by atoms with van der Waals surface area (Å²) in [4.78, 5) is 13.0. The number of hydrogen-bond donors (Lipinski definition) is 0. The van der Waals surface area contributed by atoms with Crippen LogP contribution in [0.4, 0.5) is 28.6 Å². The van der Waals surface area contributed by atoms with E-state index >= 15 is 0 Å². The van der Waals surface area contributed by atoms with Crippen molar-refractivity contribution in [2.75, 3.05) is 28.8 Å². The minimum Gasteiger partial charge on any atom is -0.509 e. The van der Waals surface area contributed by atoms with Crippen LogP contribution in [0, 0.1) is 25.5 Å². The Hall–Kier alpha value is -3.34. The maximum atomic E-state index is 6.24. The maximum Gasteiger partial charge on any atom is 4.00 e. The second kappa shape index (κ2) is 9.85. The fraction of sp³-hybridized carbons (Fsp3) is 0.167. The van der Waals surface area contributed by atoms with E-state index in [2.05, 4.69) is 78.7 Å². The summed E-state index contributed by atoms with van der Waals surface area (Å²) in [6.07, 6.45) is 1.80. The average molecular weight is 669 g/mol. The monoisotopic (exact) mass is 668 g/mol. The fourth-order valence-electron chi connectivity index (χ4n) is 4.67. The van der Waals surface area contributed by atoms with E-state index < -0.39 is 0 Å². The van der Waals surface area contributed by atoms with Gasteiger partial charge in [-0.1, -0.05) is 23.9 Å². The molecule has 0 amide bonds. The normalized spacial score (nSPS) is 16.2. The number of anilines is 5. The summed E-state index contributed by atoms with van der Waals surface area (Å²) < 4.78 is 6.24. The Bertz CT molecular complexity index is 1420. The summed E-state index contributed by atoms with van der Waals surface area (Å²) in [5.41, 5.74) is 5.11. The molecule has 2 aliphatic heterocycles. The molecule has 0 fully saturated rings. The fourth-order valence-corrected chi connectivity index (χ4v) is 4.67. The van der Waals surface area contributed by atoms with Crippen molar-refractivity contribution in [3.8, 4) is 11.5 Å². The zero-order valence-electron chi connectivity index (χ0n) is 21.1. The summed E-state index contributed by atoms with van der Waals surface area (Å²) >= 11 is 0. The number of hydrogen-bond acceptors (Lipinski definition) is 6. The Kier molecular flexibility index (Phi) is 6.74. The first-order chi connectivity index (χ1) is 17.4. The van der Waals surface area contributed by atoms with Gasteiger partial charge in [0.25, 0.3) is 0 Å². The minimum atomic E-state index is -0.106. The van der Waals surface area contributed by atoms with E-state index in [-0.39, 0.29) is 26.6 Å². The molecule has 0 unspecified atom stereocenters. The van der Waals surface area contributed by atoms with Crippen molar-refractivity contribution in [3.63, 3.8) is 0 Å². The van der Waals surface area contributed by atoms with E-state index in [0.717, 1.165) is 28.6 Å². The van der Waals surface area contributed by atoms with Gasteiger partial charge in [-0.3, -0.25) is 0 Å². The molecule has 0 saturated heterocycles. The van der Waals surface area contributed by atoms with Gasteiger partial charge in [0.05, 0.1) is 0 Å². The van der Waals surface area contributed by atoms with Crippen LogP contribution in [0.25, 0.3) is 0 Å². The van der Waals surface area contributed by atoms with Crippen LogP contribution in [0.1, 0.15) is 19.4 Å². The Labute approximate surface area is 233 Å². The molecule has 6 nitrogen and oxygen atoms in total. The van der Waals surface area contributed by atoms with Crippen LogP contribution >= 0.6 is 0 Å². The standard InChI is InChI=1S/C30H27N5O.Pt/c1-30(2)26-14-5-6-15-27(26)34(21-33(30)4)22-10-7-12-24(18-22)36-25-13-8-11-23(19-25)35-20-32(3)28-16-9-17-31-29(28)35;/h5-17,20-21H,1-4H3;/q-4;+4. The van der Waals surface area contributed by atoms with Crippen molar-refractivity contribution in [1.29, 1.82) is 0 Å². The van der Waals surface area contributed by atoms with Crippen molar-refractivity contribution >= 4 is 28.6 Å². The third-order valence-electron chi connectivity index (χ3n) is 6.90. The van der Waals surface area contributed by atoms with Gasteiger partial charge in [-0.05, 0) is 51.7 Å². The second-order valence-corrected chi connectivity index (χ2v) is 9.52. The number of rotatable bonds is 4. The molecule has 0 aliphatic carbocycles. The molecular formula is C30H27N5OPt. The zero-order chi connectivity index (χ0) is 24.9. The summed E-state index contributed by atoms with van der Waals surface area (Å²) in [6.45, 7) is 8.58. The smallest absolute Gasteiger partial charge is 0.509 e. The zero-order valence-corrected chi connectivity index (χ0v) is 23.4.